The fourth-order valence-corrected chi connectivity index (χ4v) is 2.77. The summed E-state index contributed by atoms with van der Waals surface area (Å²) in [5.41, 5.74) is 1.42. The van der Waals surface area contributed by atoms with Crippen molar-refractivity contribution in [2.75, 3.05) is 32.8 Å². The fraction of sp³-hybridized carbons (Fsp3) is 0.500. The summed E-state index contributed by atoms with van der Waals surface area (Å²) in [7, 11) is 0. The Labute approximate surface area is 142 Å². The minimum atomic E-state index is -0.0852. The number of nitrogens with zero attached hydrogens (tertiary/aromatic N) is 4. The first-order valence-electron chi connectivity index (χ1n) is 8.49. The predicted molar refractivity (Wildman–Crippen MR) is 93.1 cm³/mol. The van der Waals surface area contributed by atoms with Crippen molar-refractivity contribution in [1.82, 2.24) is 19.7 Å². The average Bonchev–Trinajstić information content (AvgIpc) is 2.62. The van der Waals surface area contributed by atoms with Crippen LogP contribution in [-0.4, -0.2) is 52.5 Å². The lowest BCUT2D eigenvalue weighted by atomic mass is 10.1. The van der Waals surface area contributed by atoms with Gasteiger partial charge in [0.25, 0.3) is 5.56 Å². The SMILES string of the molecule is CC(C)c1nc(-c2ccccc2)nn(CCN2CCOCC2)c1=O. The van der Waals surface area contributed by atoms with Gasteiger partial charge in [0.1, 0.15) is 5.69 Å². The van der Waals surface area contributed by atoms with Crippen LogP contribution in [0.25, 0.3) is 11.4 Å². The van der Waals surface area contributed by atoms with Gasteiger partial charge < -0.3 is 4.74 Å². The van der Waals surface area contributed by atoms with E-state index in [-0.39, 0.29) is 11.5 Å². The first-order valence-corrected chi connectivity index (χ1v) is 8.49. The van der Waals surface area contributed by atoms with Gasteiger partial charge in [0.15, 0.2) is 5.82 Å². The maximum Gasteiger partial charge on any atom is 0.288 e. The highest BCUT2D eigenvalue weighted by atomic mass is 16.5. The molecule has 2 heterocycles. The lowest BCUT2D eigenvalue weighted by Gasteiger charge is -2.26. The van der Waals surface area contributed by atoms with Crippen molar-refractivity contribution in [3.63, 3.8) is 0 Å². The Morgan fingerprint density at radius 1 is 1.12 bits per heavy atom. The molecule has 1 saturated heterocycles. The van der Waals surface area contributed by atoms with E-state index in [1.165, 1.54) is 0 Å². The predicted octanol–water partition coefficient (Wildman–Crippen LogP) is 1.76. The standard InChI is InChI=1S/C18H24N4O2/c1-14(2)16-18(23)22(9-8-21-10-12-24-13-11-21)20-17(19-16)15-6-4-3-5-7-15/h3-7,14H,8-13H2,1-2H3. The molecule has 6 nitrogen and oxygen atoms in total. The van der Waals surface area contributed by atoms with E-state index in [2.05, 4.69) is 15.0 Å². The molecule has 1 aliphatic heterocycles. The highest BCUT2D eigenvalue weighted by Crippen LogP contribution is 2.15. The maximum atomic E-state index is 12.7. The Kier molecular flexibility index (Phi) is 5.37. The number of hydrogen-bond donors (Lipinski definition) is 0. The Balaban J connectivity index is 1.89. The zero-order chi connectivity index (χ0) is 16.9. The lowest BCUT2D eigenvalue weighted by Crippen LogP contribution is -2.40. The van der Waals surface area contributed by atoms with Gasteiger partial charge in [0.2, 0.25) is 0 Å². The second kappa shape index (κ2) is 7.68. The molecular weight excluding hydrogens is 304 g/mol. The highest BCUT2D eigenvalue weighted by molar-refractivity contribution is 5.53. The normalized spacial score (nSPS) is 15.8. The molecule has 1 aliphatic rings. The van der Waals surface area contributed by atoms with Gasteiger partial charge >= 0.3 is 0 Å². The van der Waals surface area contributed by atoms with Gasteiger partial charge in [0.05, 0.1) is 19.8 Å². The van der Waals surface area contributed by atoms with Crippen LogP contribution in [0.1, 0.15) is 25.5 Å². The van der Waals surface area contributed by atoms with Gasteiger partial charge in [-0.3, -0.25) is 9.69 Å². The second-order valence-corrected chi connectivity index (χ2v) is 6.32. The maximum absolute atomic E-state index is 12.7. The molecule has 0 spiro atoms. The van der Waals surface area contributed by atoms with E-state index >= 15 is 0 Å². The monoisotopic (exact) mass is 328 g/mol. The van der Waals surface area contributed by atoms with Gasteiger partial charge in [-0.05, 0) is 0 Å². The van der Waals surface area contributed by atoms with Gasteiger partial charge in [-0.2, -0.15) is 0 Å². The van der Waals surface area contributed by atoms with Gasteiger partial charge in [0, 0.05) is 31.1 Å². The van der Waals surface area contributed by atoms with E-state index < -0.39 is 0 Å². The molecule has 128 valence electrons. The molecule has 2 aromatic rings. The van der Waals surface area contributed by atoms with E-state index in [1.54, 1.807) is 4.68 Å². The van der Waals surface area contributed by atoms with Gasteiger partial charge in [-0.25, -0.2) is 9.67 Å². The van der Waals surface area contributed by atoms with Crippen molar-refractivity contribution in [2.24, 2.45) is 0 Å². The second-order valence-electron chi connectivity index (χ2n) is 6.32. The van der Waals surface area contributed by atoms with Crippen LogP contribution in [0, 0.1) is 0 Å². The van der Waals surface area contributed by atoms with Crippen molar-refractivity contribution in [1.29, 1.82) is 0 Å². The van der Waals surface area contributed by atoms with E-state index in [4.69, 9.17) is 4.74 Å². The Morgan fingerprint density at radius 2 is 1.83 bits per heavy atom. The van der Waals surface area contributed by atoms with Crippen LogP contribution in [0.2, 0.25) is 0 Å². The topological polar surface area (TPSA) is 60.3 Å². The molecule has 0 aliphatic carbocycles. The number of rotatable bonds is 5. The van der Waals surface area contributed by atoms with Crippen LogP contribution in [-0.2, 0) is 11.3 Å². The van der Waals surface area contributed by atoms with Crippen LogP contribution < -0.4 is 5.56 Å². The molecule has 24 heavy (non-hydrogen) atoms. The van der Waals surface area contributed by atoms with Crippen molar-refractivity contribution in [2.45, 2.75) is 26.3 Å². The summed E-state index contributed by atoms with van der Waals surface area (Å²) in [5, 5.41) is 4.51. The fourth-order valence-electron chi connectivity index (χ4n) is 2.77. The number of ether oxygens (including phenoxy) is 1. The van der Waals surface area contributed by atoms with Crippen molar-refractivity contribution >= 4 is 0 Å². The van der Waals surface area contributed by atoms with Crippen molar-refractivity contribution in [3.8, 4) is 11.4 Å². The van der Waals surface area contributed by atoms with E-state index in [0.717, 1.165) is 38.4 Å². The highest BCUT2D eigenvalue weighted by Gasteiger charge is 2.16. The zero-order valence-electron chi connectivity index (χ0n) is 14.3. The first-order chi connectivity index (χ1) is 11.6. The Morgan fingerprint density at radius 3 is 2.50 bits per heavy atom. The lowest BCUT2D eigenvalue weighted by molar-refractivity contribution is 0.0357. The number of hydrogen-bond acceptors (Lipinski definition) is 5. The molecule has 0 unspecified atom stereocenters. The summed E-state index contributed by atoms with van der Waals surface area (Å²) < 4.78 is 6.94. The third kappa shape index (κ3) is 3.88. The summed E-state index contributed by atoms with van der Waals surface area (Å²) in [6.45, 7) is 8.67. The van der Waals surface area contributed by atoms with E-state index in [9.17, 15) is 4.79 Å². The first kappa shape index (κ1) is 16.8. The summed E-state index contributed by atoms with van der Waals surface area (Å²) in [6, 6.07) is 9.81. The molecule has 6 heteroatoms. The van der Waals surface area contributed by atoms with Crippen LogP contribution in [0.5, 0.6) is 0 Å². The molecule has 0 N–H and O–H groups in total. The van der Waals surface area contributed by atoms with Crippen LogP contribution in [0.15, 0.2) is 35.1 Å². The minimum Gasteiger partial charge on any atom is -0.379 e. The van der Waals surface area contributed by atoms with E-state index in [0.29, 0.717) is 18.1 Å². The third-order valence-electron chi connectivity index (χ3n) is 4.21. The van der Waals surface area contributed by atoms with E-state index in [1.807, 2.05) is 44.2 Å². The molecule has 0 bridgehead atoms. The van der Waals surface area contributed by atoms with Gasteiger partial charge in [-0.1, -0.05) is 44.2 Å². The number of morpholine rings is 1. The quantitative estimate of drug-likeness (QED) is 0.837. The summed E-state index contributed by atoms with van der Waals surface area (Å²) in [5.74, 6) is 0.679. The Hall–Kier alpha value is -2.05. The molecular formula is C18H24N4O2. The summed E-state index contributed by atoms with van der Waals surface area (Å²) in [4.78, 5) is 19.5. The minimum absolute atomic E-state index is 0.0672. The molecule has 1 aromatic heterocycles. The molecule has 0 radical (unpaired) electrons. The molecule has 3 rings (SSSR count). The van der Waals surface area contributed by atoms with Gasteiger partial charge in [-0.15, -0.1) is 5.10 Å². The molecule has 0 atom stereocenters. The summed E-state index contributed by atoms with van der Waals surface area (Å²) >= 11 is 0. The van der Waals surface area contributed by atoms with Crippen LogP contribution in [0.4, 0.5) is 0 Å². The summed E-state index contributed by atoms with van der Waals surface area (Å²) in [6.07, 6.45) is 0. The zero-order valence-corrected chi connectivity index (χ0v) is 14.3. The third-order valence-corrected chi connectivity index (χ3v) is 4.21. The van der Waals surface area contributed by atoms with Crippen molar-refractivity contribution < 1.29 is 4.74 Å². The molecule has 1 aromatic carbocycles. The molecule has 0 amide bonds. The Bertz CT molecular complexity index is 722. The molecule has 0 saturated carbocycles. The van der Waals surface area contributed by atoms with Crippen molar-refractivity contribution in [3.05, 3.63) is 46.4 Å². The van der Waals surface area contributed by atoms with Crippen LogP contribution in [0.3, 0.4) is 0 Å². The number of benzene rings is 1. The smallest absolute Gasteiger partial charge is 0.288 e. The average molecular weight is 328 g/mol. The molecule has 1 fully saturated rings. The number of aromatic nitrogens is 3. The largest absolute Gasteiger partial charge is 0.379 e. The van der Waals surface area contributed by atoms with Crippen LogP contribution >= 0.6 is 0 Å².